The van der Waals surface area contributed by atoms with Crippen molar-refractivity contribution in [1.29, 1.82) is 0 Å². The van der Waals surface area contributed by atoms with Crippen molar-refractivity contribution >= 4 is 75.3 Å². The Balaban J connectivity index is 2.52. The summed E-state index contributed by atoms with van der Waals surface area (Å²) in [5, 5.41) is 0.677. The van der Waals surface area contributed by atoms with E-state index in [2.05, 4.69) is 78.7 Å². The summed E-state index contributed by atoms with van der Waals surface area (Å²) < 4.78 is -0.266. The Morgan fingerprint density at radius 3 is 1.68 bits per heavy atom. The minimum Gasteiger partial charge on any atom is -0.214 e. The maximum absolute atomic E-state index is 5.88. The number of aromatic nitrogens is 3. The summed E-state index contributed by atoms with van der Waals surface area (Å²) in [4.78, 5) is 13.2. The first-order valence-electron chi connectivity index (χ1n) is 5.05. The van der Waals surface area contributed by atoms with Crippen LogP contribution in [-0.2, 0) is 0 Å². The van der Waals surface area contributed by atoms with Crippen molar-refractivity contribution < 1.29 is 0 Å². The van der Waals surface area contributed by atoms with Gasteiger partial charge in [-0.2, -0.15) is 0 Å². The fraction of sp³-hybridized carbons (Fsp3) is 0.182. The number of halogens is 5. The van der Waals surface area contributed by atoms with Crippen LogP contribution in [0.1, 0.15) is 19.1 Å². The lowest BCUT2D eigenvalue weighted by Crippen LogP contribution is -2.04. The molecular weight excluding hydrogens is 529 g/mol. The highest BCUT2D eigenvalue weighted by molar-refractivity contribution is 9.24. The molecule has 0 saturated heterocycles. The van der Waals surface area contributed by atoms with E-state index >= 15 is 0 Å². The summed E-state index contributed by atoms with van der Waals surface area (Å²) >= 11 is 19.5. The van der Waals surface area contributed by atoms with Gasteiger partial charge in [0.05, 0.1) is 0 Å². The average Bonchev–Trinajstić information content (AvgIpc) is 2.39. The van der Waals surface area contributed by atoms with Crippen LogP contribution in [0.4, 0.5) is 0 Å². The zero-order valence-electron chi connectivity index (χ0n) is 9.20. The predicted molar refractivity (Wildman–Crippen MR) is 91.5 cm³/mol. The smallest absolute Gasteiger partial charge is 0.163 e. The number of benzene rings is 1. The molecule has 0 atom stereocenters. The molecule has 1 heterocycles. The highest BCUT2D eigenvalue weighted by atomic mass is 79.9. The number of alkyl halides is 4. The Bertz CT molecular complexity index is 548. The monoisotopic (exact) mass is 531 g/mol. The van der Waals surface area contributed by atoms with Crippen molar-refractivity contribution in [2.75, 3.05) is 0 Å². The van der Waals surface area contributed by atoms with Crippen LogP contribution >= 0.6 is 75.3 Å². The molecule has 0 saturated carbocycles. The number of hydrogen-bond donors (Lipinski definition) is 0. The molecule has 0 spiro atoms. The van der Waals surface area contributed by atoms with E-state index in [-0.39, 0.29) is 7.47 Å². The SMILES string of the molecule is Clc1ccc(-c2nc(C(Br)Br)nc(C(Br)Br)n2)cc1. The van der Waals surface area contributed by atoms with Crippen LogP contribution in [0.15, 0.2) is 24.3 Å². The Morgan fingerprint density at radius 2 is 1.26 bits per heavy atom. The first-order chi connectivity index (χ1) is 8.97. The Hall–Kier alpha value is 0.440. The molecule has 19 heavy (non-hydrogen) atoms. The second kappa shape index (κ2) is 6.93. The molecule has 2 rings (SSSR count). The third-order valence-corrected chi connectivity index (χ3v) is 4.05. The Kier molecular flexibility index (Phi) is 5.77. The summed E-state index contributed by atoms with van der Waals surface area (Å²) in [5.41, 5.74) is 0.885. The predicted octanol–water partition coefficient (Wildman–Crippen LogP) is 5.77. The van der Waals surface area contributed by atoms with Crippen LogP contribution in [0.3, 0.4) is 0 Å². The van der Waals surface area contributed by atoms with Gasteiger partial charge >= 0.3 is 0 Å². The largest absolute Gasteiger partial charge is 0.214 e. The third-order valence-electron chi connectivity index (χ3n) is 2.16. The van der Waals surface area contributed by atoms with Crippen molar-refractivity contribution in [3.8, 4) is 11.4 Å². The first kappa shape index (κ1) is 15.8. The maximum atomic E-state index is 5.88. The van der Waals surface area contributed by atoms with E-state index in [4.69, 9.17) is 11.6 Å². The Labute approximate surface area is 149 Å². The summed E-state index contributed by atoms with van der Waals surface area (Å²) in [7, 11) is 0. The minimum absolute atomic E-state index is 0.133. The van der Waals surface area contributed by atoms with Gasteiger partial charge < -0.3 is 0 Å². The average molecular weight is 535 g/mol. The Morgan fingerprint density at radius 1 is 0.789 bits per heavy atom. The summed E-state index contributed by atoms with van der Waals surface area (Å²) in [6, 6.07) is 7.36. The van der Waals surface area contributed by atoms with Crippen molar-refractivity contribution in [2.45, 2.75) is 7.47 Å². The highest BCUT2D eigenvalue weighted by Crippen LogP contribution is 2.32. The standard InChI is InChI=1S/C11H6Br4ClN3/c12-7(13)10-17-9(18-11(19-10)8(14)15)5-1-3-6(16)4-2-5/h1-4,7-8H. The molecule has 0 aliphatic heterocycles. The molecule has 8 heteroatoms. The molecular formula is C11H6Br4ClN3. The van der Waals surface area contributed by atoms with E-state index in [1.54, 1.807) is 12.1 Å². The molecule has 0 amide bonds. The van der Waals surface area contributed by atoms with Crippen molar-refractivity contribution in [1.82, 2.24) is 15.0 Å². The van der Waals surface area contributed by atoms with Crippen LogP contribution in [0.25, 0.3) is 11.4 Å². The zero-order valence-corrected chi connectivity index (χ0v) is 16.3. The lowest BCUT2D eigenvalue weighted by atomic mass is 10.2. The second-order valence-corrected chi connectivity index (χ2v) is 10.0. The van der Waals surface area contributed by atoms with Gasteiger partial charge in [-0.15, -0.1) is 0 Å². The number of rotatable bonds is 3. The summed E-state index contributed by atoms with van der Waals surface area (Å²) in [5.74, 6) is 1.82. The summed E-state index contributed by atoms with van der Waals surface area (Å²) in [6.45, 7) is 0. The topological polar surface area (TPSA) is 38.7 Å². The van der Waals surface area contributed by atoms with Gasteiger partial charge in [0.1, 0.15) is 7.47 Å². The molecule has 1 aromatic carbocycles. The zero-order chi connectivity index (χ0) is 14.0. The molecule has 0 N–H and O–H groups in total. The maximum Gasteiger partial charge on any atom is 0.163 e. The van der Waals surface area contributed by atoms with Gasteiger partial charge in [0, 0.05) is 10.6 Å². The van der Waals surface area contributed by atoms with Crippen LogP contribution in [0.2, 0.25) is 5.02 Å². The highest BCUT2D eigenvalue weighted by Gasteiger charge is 2.16. The van der Waals surface area contributed by atoms with Crippen LogP contribution in [-0.4, -0.2) is 15.0 Å². The van der Waals surface area contributed by atoms with E-state index < -0.39 is 0 Å². The molecule has 0 aliphatic carbocycles. The molecule has 3 nitrogen and oxygen atoms in total. The normalized spacial score (nSPS) is 11.3. The quantitative estimate of drug-likeness (QED) is 0.469. The van der Waals surface area contributed by atoms with Gasteiger partial charge in [-0.1, -0.05) is 75.3 Å². The molecule has 0 fully saturated rings. The molecule has 0 radical (unpaired) electrons. The van der Waals surface area contributed by atoms with Gasteiger partial charge in [-0.3, -0.25) is 0 Å². The second-order valence-electron chi connectivity index (χ2n) is 3.48. The van der Waals surface area contributed by atoms with Gasteiger partial charge in [-0.05, 0) is 24.3 Å². The molecule has 1 aromatic heterocycles. The van der Waals surface area contributed by atoms with Crippen LogP contribution < -0.4 is 0 Å². The van der Waals surface area contributed by atoms with E-state index in [1.165, 1.54) is 0 Å². The minimum atomic E-state index is -0.133. The first-order valence-corrected chi connectivity index (χ1v) is 9.09. The molecule has 0 unspecified atom stereocenters. The van der Waals surface area contributed by atoms with Gasteiger partial charge in [0.15, 0.2) is 17.5 Å². The van der Waals surface area contributed by atoms with Crippen molar-refractivity contribution in [3.05, 3.63) is 40.9 Å². The fourth-order valence-electron chi connectivity index (χ4n) is 1.33. The number of nitrogens with zero attached hydrogens (tertiary/aromatic N) is 3. The van der Waals surface area contributed by atoms with Crippen molar-refractivity contribution in [3.63, 3.8) is 0 Å². The van der Waals surface area contributed by atoms with Gasteiger partial charge in [-0.25, -0.2) is 15.0 Å². The van der Waals surface area contributed by atoms with Gasteiger partial charge in [0.25, 0.3) is 0 Å². The number of hydrogen-bond acceptors (Lipinski definition) is 3. The molecule has 0 aliphatic rings. The molecule has 100 valence electrons. The van der Waals surface area contributed by atoms with E-state index in [1.807, 2.05) is 12.1 Å². The van der Waals surface area contributed by atoms with E-state index in [9.17, 15) is 0 Å². The van der Waals surface area contributed by atoms with Crippen LogP contribution in [0, 0.1) is 0 Å². The lowest BCUT2D eigenvalue weighted by Gasteiger charge is -2.08. The molecule has 0 bridgehead atoms. The molecule has 2 aromatic rings. The lowest BCUT2D eigenvalue weighted by molar-refractivity contribution is 0.912. The third kappa shape index (κ3) is 4.20. The van der Waals surface area contributed by atoms with Crippen LogP contribution in [0.5, 0.6) is 0 Å². The van der Waals surface area contributed by atoms with E-state index in [0.717, 1.165) is 5.56 Å². The summed E-state index contributed by atoms with van der Waals surface area (Å²) in [6.07, 6.45) is 0. The van der Waals surface area contributed by atoms with E-state index in [0.29, 0.717) is 22.5 Å². The van der Waals surface area contributed by atoms with Gasteiger partial charge in [0.2, 0.25) is 0 Å². The van der Waals surface area contributed by atoms with Crippen molar-refractivity contribution in [2.24, 2.45) is 0 Å². The fourth-order valence-corrected chi connectivity index (χ4v) is 2.28.